The van der Waals surface area contributed by atoms with Crippen molar-refractivity contribution in [2.45, 2.75) is 25.8 Å². The topological polar surface area (TPSA) is 87.7 Å². The number of likely N-dealkylation sites (tertiary alicyclic amines) is 1. The highest BCUT2D eigenvalue weighted by Gasteiger charge is 2.34. The van der Waals surface area contributed by atoms with E-state index in [0.29, 0.717) is 23.6 Å². The van der Waals surface area contributed by atoms with E-state index in [-0.39, 0.29) is 11.9 Å². The van der Waals surface area contributed by atoms with Gasteiger partial charge in [-0.2, -0.15) is 0 Å². The van der Waals surface area contributed by atoms with Gasteiger partial charge < -0.3 is 9.88 Å². The molecule has 1 amide bonds. The van der Waals surface area contributed by atoms with Crippen LogP contribution in [0.4, 0.5) is 0 Å². The van der Waals surface area contributed by atoms with Gasteiger partial charge in [-0.05, 0) is 31.9 Å². The van der Waals surface area contributed by atoms with E-state index in [2.05, 4.69) is 24.9 Å². The minimum Gasteiger partial charge on any atom is -0.343 e. The van der Waals surface area contributed by atoms with Gasteiger partial charge in [-0.3, -0.25) is 14.8 Å². The second-order valence-electron chi connectivity index (χ2n) is 6.07. The first kappa shape index (κ1) is 15.4. The molecule has 0 aliphatic carbocycles. The molecule has 1 fully saturated rings. The Morgan fingerprint density at radius 3 is 2.80 bits per heavy atom. The first-order chi connectivity index (χ1) is 12.2. The molecule has 3 aromatic rings. The first-order valence-corrected chi connectivity index (χ1v) is 8.28. The van der Waals surface area contributed by atoms with E-state index in [1.807, 2.05) is 24.0 Å². The van der Waals surface area contributed by atoms with Crippen molar-refractivity contribution in [3.05, 3.63) is 60.1 Å². The normalized spacial score (nSPS) is 17.0. The van der Waals surface area contributed by atoms with Gasteiger partial charge in [-0.25, -0.2) is 9.97 Å². The summed E-state index contributed by atoms with van der Waals surface area (Å²) >= 11 is 0. The highest BCUT2D eigenvalue weighted by atomic mass is 16.2. The van der Waals surface area contributed by atoms with Crippen LogP contribution in [-0.2, 0) is 0 Å². The van der Waals surface area contributed by atoms with E-state index in [4.69, 9.17) is 0 Å². The third kappa shape index (κ3) is 2.88. The molecule has 1 aliphatic heterocycles. The average Bonchev–Trinajstić information content (AvgIpc) is 3.33. The summed E-state index contributed by atoms with van der Waals surface area (Å²) in [5, 5.41) is 0. The Balaban J connectivity index is 1.69. The summed E-state index contributed by atoms with van der Waals surface area (Å²) in [6.07, 6.45) is 10.2. The van der Waals surface area contributed by atoms with Crippen LogP contribution in [0.25, 0.3) is 11.5 Å². The number of carbonyl (C=O) groups is 1. The number of imidazole rings is 1. The van der Waals surface area contributed by atoms with E-state index in [9.17, 15) is 4.79 Å². The maximum absolute atomic E-state index is 13.0. The van der Waals surface area contributed by atoms with Crippen LogP contribution < -0.4 is 0 Å². The highest BCUT2D eigenvalue weighted by molar-refractivity contribution is 5.94. The number of H-pyrrole nitrogens is 1. The Hall–Kier alpha value is -3.09. The molecule has 1 N–H and O–H groups in total. The fourth-order valence-corrected chi connectivity index (χ4v) is 3.22. The second kappa shape index (κ2) is 6.43. The van der Waals surface area contributed by atoms with Gasteiger partial charge in [0.15, 0.2) is 5.82 Å². The summed E-state index contributed by atoms with van der Waals surface area (Å²) in [6.45, 7) is 2.60. The van der Waals surface area contributed by atoms with Crippen LogP contribution >= 0.6 is 0 Å². The number of hydrogen-bond donors (Lipinski definition) is 1. The smallest absolute Gasteiger partial charge is 0.255 e. The lowest BCUT2D eigenvalue weighted by Gasteiger charge is -2.25. The highest BCUT2D eigenvalue weighted by Crippen LogP contribution is 2.35. The van der Waals surface area contributed by atoms with Gasteiger partial charge in [0.1, 0.15) is 5.69 Å². The molecule has 7 heteroatoms. The Morgan fingerprint density at radius 2 is 2.04 bits per heavy atom. The summed E-state index contributed by atoms with van der Waals surface area (Å²) in [6, 6.07) is 3.57. The monoisotopic (exact) mass is 334 g/mol. The molecule has 0 unspecified atom stereocenters. The summed E-state index contributed by atoms with van der Waals surface area (Å²) in [7, 11) is 0. The molecule has 1 saturated heterocycles. The van der Waals surface area contributed by atoms with Crippen LogP contribution in [0.15, 0.2) is 43.1 Å². The number of aryl methyl sites for hydroxylation is 1. The lowest BCUT2D eigenvalue weighted by atomic mass is 10.1. The second-order valence-corrected chi connectivity index (χ2v) is 6.07. The van der Waals surface area contributed by atoms with E-state index < -0.39 is 0 Å². The molecule has 0 bridgehead atoms. The number of rotatable bonds is 3. The van der Waals surface area contributed by atoms with Crippen LogP contribution in [-0.4, -0.2) is 42.3 Å². The van der Waals surface area contributed by atoms with Crippen molar-refractivity contribution >= 4 is 5.91 Å². The van der Waals surface area contributed by atoms with Crippen molar-refractivity contribution in [2.75, 3.05) is 6.54 Å². The van der Waals surface area contributed by atoms with Crippen LogP contribution in [0, 0.1) is 6.92 Å². The summed E-state index contributed by atoms with van der Waals surface area (Å²) < 4.78 is 0. The number of nitrogens with one attached hydrogen (secondary N) is 1. The lowest BCUT2D eigenvalue weighted by Crippen LogP contribution is -2.31. The van der Waals surface area contributed by atoms with Crippen LogP contribution in [0.2, 0.25) is 0 Å². The predicted octanol–water partition coefficient (Wildman–Crippen LogP) is 2.55. The Kier molecular flexibility index (Phi) is 3.97. The van der Waals surface area contributed by atoms with Gasteiger partial charge in [0.25, 0.3) is 5.91 Å². The number of aromatic nitrogens is 5. The Labute approximate surface area is 145 Å². The molecular formula is C18H18N6O. The Bertz CT molecular complexity index is 875. The van der Waals surface area contributed by atoms with Crippen LogP contribution in [0.1, 0.15) is 40.6 Å². The molecule has 0 aromatic carbocycles. The molecule has 1 atom stereocenters. The van der Waals surface area contributed by atoms with Gasteiger partial charge in [0.05, 0.1) is 17.3 Å². The maximum atomic E-state index is 13.0. The number of aromatic amines is 1. The number of hydrogen-bond acceptors (Lipinski definition) is 5. The van der Waals surface area contributed by atoms with Gasteiger partial charge in [0, 0.05) is 43.2 Å². The molecule has 7 nitrogen and oxygen atoms in total. The van der Waals surface area contributed by atoms with E-state index in [1.54, 1.807) is 31.0 Å². The fraction of sp³-hybridized carbons (Fsp3) is 0.278. The summed E-state index contributed by atoms with van der Waals surface area (Å²) in [5.41, 5.74) is 2.96. The van der Waals surface area contributed by atoms with Crippen molar-refractivity contribution in [1.29, 1.82) is 0 Å². The maximum Gasteiger partial charge on any atom is 0.255 e. The third-order valence-corrected chi connectivity index (χ3v) is 4.44. The minimum atomic E-state index is -0.109. The molecular weight excluding hydrogens is 316 g/mol. The molecule has 126 valence electrons. The van der Waals surface area contributed by atoms with E-state index in [1.165, 1.54) is 0 Å². The molecule has 1 aliphatic rings. The first-order valence-electron chi connectivity index (χ1n) is 8.28. The van der Waals surface area contributed by atoms with Crippen LogP contribution in [0.5, 0.6) is 0 Å². The zero-order chi connectivity index (χ0) is 17.2. The summed E-state index contributed by atoms with van der Waals surface area (Å²) in [4.78, 5) is 35.4. The largest absolute Gasteiger partial charge is 0.343 e. The van der Waals surface area contributed by atoms with Crippen molar-refractivity contribution in [2.24, 2.45) is 0 Å². The van der Waals surface area contributed by atoms with Crippen molar-refractivity contribution in [3.63, 3.8) is 0 Å². The van der Waals surface area contributed by atoms with Crippen molar-refractivity contribution in [3.8, 4) is 11.5 Å². The predicted molar refractivity (Wildman–Crippen MR) is 91.6 cm³/mol. The molecule has 25 heavy (non-hydrogen) atoms. The zero-order valence-electron chi connectivity index (χ0n) is 13.9. The average molecular weight is 334 g/mol. The number of nitrogens with zero attached hydrogens (tertiary/aromatic N) is 5. The number of carbonyl (C=O) groups excluding carboxylic acids is 1. The van der Waals surface area contributed by atoms with Gasteiger partial charge in [-0.1, -0.05) is 0 Å². The standard InChI is InChI=1S/C18H18N6O/c1-12-4-5-13(11-23-12)18(25)24-10-2-3-14(24)15-16(20-7-6-19-15)17-21-8-9-22-17/h4-9,11,14H,2-3,10H2,1H3,(H,21,22)/t14-/m0/s1. The molecule has 3 aromatic heterocycles. The van der Waals surface area contributed by atoms with Gasteiger partial charge in [-0.15, -0.1) is 0 Å². The zero-order valence-corrected chi connectivity index (χ0v) is 13.9. The number of pyridine rings is 1. The molecule has 0 saturated carbocycles. The van der Waals surface area contributed by atoms with E-state index >= 15 is 0 Å². The lowest BCUT2D eigenvalue weighted by molar-refractivity contribution is 0.0732. The number of amides is 1. The minimum absolute atomic E-state index is 0.0222. The SMILES string of the molecule is Cc1ccc(C(=O)N2CCC[C@H]2c2nccnc2-c2ncc[nH]2)cn1. The van der Waals surface area contributed by atoms with Crippen molar-refractivity contribution in [1.82, 2.24) is 29.8 Å². The van der Waals surface area contributed by atoms with Crippen LogP contribution in [0.3, 0.4) is 0 Å². The van der Waals surface area contributed by atoms with E-state index in [0.717, 1.165) is 24.2 Å². The molecule has 0 spiro atoms. The van der Waals surface area contributed by atoms with Crippen molar-refractivity contribution < 1.29 is 4.79 Å². The molecule has 0 radical (unpaired) electrons. The molecule has 4 heterocycles. The Morgan fingerprint density at radius 1 is 1.16 bits per heavy atom. The summed E-state index contributed by atoms with van der Waals surface area (Å²) in [5.74, 6) is 0.644. The fourth-order valence-electron chi connectivity index (χ4n) is 3.22. The van der Waals surface area contributed by atoms with Gasteiger partial charge >= 0.3 is 0 Å². The quantitative estimate of drug-likeness (QED) is 0.795. The molecule has 4 rings (SSSR count). The third-order valence-electron chi connectivity index (χ3n) is 4.44. The van der Waals surface area contributed by atoms with Gasteiger partial charge in [0.2, 0.25) is 0 Å².